The van der Waals surface area contributed by atoms with Crippen molar-refractivity contribution in [1.82, 2.24) is 0 Å². The molecule has 28 heavy (non-hydrogen) atoms. The van der Waals surface area contributed by atoms with E-state index in [9.17, 15) is 22.8 Å². The maximum Gasteiger partial charge on any atom is 0.418 e. The number of benzene rings is 2. The Kier molecular flexibility index (Phi) is 5.98. The maximum atomic E-state index is 13.0. The van der Waals surface area contributed by atoms with Crippen molar-refractivity contribution in [1.29, 1.82) is 0 Å². The molecule has 1 aliphatic rings. The van der Waals surface area contributed by atoms with Gasteiger partial charge in [-0.15, -0.1) is 0 Å². The summed E-state index contributed by atoms with van der Waals surface area (Å²) in [4.78, 5) is 26.3. The quantitative estimate of drug-likeness (QED) is 0.754. The van der Waals surface area contributed by atoms with Gasteiger partial charge in [0.05, 0.1) is 17.0 Å². The Bertz CT molecular complexity index is 899. The van der Waals surface area contributed by atoms with Crippen molar-refractivity contribution < 1.29 is 22.8 Å². The van der Waals surface area contributed by atoms with Gasteiger partial charge in [-0.3, -0.25) is 9.59 Å². The molecule has 2 aromatic rings. The Hall–Kier alpha value is -2.48. The molecule has 0 aromatic heterocycles. The van der Waals surface area contributed by atoms with Crippen LogP contribution in [0, 0.1) is 6.92 Å². The van der Waals surface area contributed by atoms with Crippen LogP contribution in [0.4, 0.5) is 29.3 Å². The molecule has 1 heterocycles. The van der Waals surface area contributed by atoms with Crippen LogP contribution in [0.1, 0.15) is 23.1 Å². The molecule has 0 atom stereocenters. The lowest BCUT2D eigenvalue weighted by molar-refractivity contribution is -0.137. The summed E-state index contributed by atoms with van der Waals surface area (Å²) in [5.74, 6) is -0.917. The average Bonchev–Trinajstić information content (AvgIpc) is 2.65. The summed E-state index contributed by atoms with van der Waals surface area (Å²) in [6.07, 6.45) is -2.85. The van der Waals surface area contributed by atoms with E-state index in [0.717, 1.165) is 47.5 Å². The number of amides is 2. The summed E-state index contributed by atoms with van der Waals surface area (Å²) in [6.45, 7) is 2.54. The van der Waals surface area contributed by atoms with Crippen LogP contribution in [0.2, 0.25) is 0 Å². The van der Waals surface area contributed by atoms with E-state index in [1.54, 1.807) is 4.90 Å². The zero-order valence-corrected chi connectivity index (χ0v) is 16.0. The summed E-state index contributed by atoms with van der Waals surface area (Å²) >= 11 is 0.785. The predicted molar refractivity (Wildman–Crippen MR) is 105 cm³/mol. The third-order valence-corrected chi connectivity index (χ3v) is 5.28. The Morgan fingerprint density at radius 1 is 1.18 bits per heavy atom. The van der Waals surface area contributed by atoms with E-state index in [1.165, 1.54) is 18.2 Å². The molecule has 2 amide bonds. The van der Waals surface area contributed by atoms with Crippen molar-refractivity contribution in [2.75, 3.05) is 22.5 Å². The van der Waals surface area contributed by atoms with Gasteiger partial charge in [0, 0.05) is 12.2 Å². The molecule has 0 radical (unpaired) electrons. The third-order valence-electron chi connectivity index (χ3n) is 4.41. The molecule has 1 N–H and O–H groups in total. The molecule has 0 saturated carbocycles. The number of hydrogen-bond donors (Lipinski definition) is 1. The molecule has 0 unspecified atom stereocenters. The van der Waals surface area contributed by atoms with Crippen LogP contribution < -0.4 is 10.2 Å². The summed E-state index contributed by atoms with van der Waals surface area (Å²) in [5.41, 5.74) is 1.80. The van der Waals surface area contributed by atoms with E-state index in [-0.39, 0.29) is 16.7 Å². The number of aryl methyl sites for hydroxylation is 2. The summed E-state index contributed by atoms with van der Waals surface area (Å²) < 4.78 is 39.0. The number of alkyl halides is 3. The van der Waals surface area contributed by atoms with E-state index in [1.807, 2.05) is 25.1 Å². The number of para-hydroxylation sites is 1. The van der Waals surface area contributed by atoms with Crippen molar-refractivity contribution in [2.24, 2.45) is 0 Å². The standard InChI is InChI=1S/C20H19F3N2O2S/c1-13-8-9-17-14(11-13)5-4-10-25(17)19(27)28-12-18(26)24-16-7-3-2-6-15(16)20(21,22)23/h2-3,6-9,11H,4-5,10,12H2,1H3,(H,24,26). The van der Waals surface area contributed by atoms with Gasteiger partial charge in [-0.1, -0.05) is 41.6 Å². The van der Waals surface area contributed by atoms with Gasteiger partial charge >= 0.3 is 6.18 Å². The summed E-state index contributed by atoms with van der Waals surface area (Å²) in [5, 5.41) is 1.96. The first-order valence-electron chi connectivity index (χ1n) is 8.75. The number of carbonyl (C=O) groups excluding carboxylic acids is 2. The zero-order chi connectivity index (χ0) is 20.3. The minimum atomic E-state index is -4.57. The largest absolute Gasteiger partial charge is 0.418 e. The number of anilines is 2. The first-order valence-corrected chi connectivity index (χ1v) is 9.74. The average molecular weight is 408 g/mol. The van der Waals surface area contributed by atoms with E-state index in [0.29, 0.717) is 6.54 Å². The van der Waals surface area contributed by atoms with E-state index < -0.39 is 17.6 Å². The van der Waals surface area contributed by atoms with Gasteiger partial charge in [0.25, 0.3) is 5.24 Å². The van der Waals surface area contributed by atoms with Crippen molar-refractivity contribution in [3.8, 4) is 0 Å². The second-order valence-electron chi connectivity index (χ2n) is 6.53. The van der Waals surface area contributed by atoms with Crippen LogP contribution in [0.15, 0.2) is 42.5 Å². The number of rotatable bonds is 3. The summed E-state index contributed by atoms with van der Waals surface area (Å²) in [7, 11) is 0. The van der Waals surface area contributed by atoms with Gasteiger partial charge in [-0.05, 0) is 43.5 Å². The number of fused-ring (bicyclic) bond motifs is 1. The Labute approximate surface area is 165 Å². The number of thioether (sulfide) groups is 1. The zero-order valence-electron chi connectivity index (χ0n) is 15.2. The lowest BCUT2D eigenvalue weighted by atomic mass is 10.0. The molecule has 0 bridgehead atoms. The number of carbonyl (C=O) groups is 2. The lowest BCUT2D eigenvalue weighted by Gasteiger charge is -2.29. The molecular weight excluding hydrogens is 389 g/mol. The Balaban J connectivity index is 1.63. The monoisotopic (exact) mass is 408 g/mol. The highest BCUT2D eigenvalue weighted by Crippen LogP contribution is 2.35. The molecule has 0 fully saturated rings. The Morgan fingerprint density at radius 3 is 2.68 bits per heavy atom. The van der Waals surface area contributed by atoms with Crippen LogP contribution in [0.3, 0.4) is 0 Å². The van der Waals surface area contributed by atoms with Gasteiger partial charge in [0.2, 0.25) is 5.91 Å². The molecule has 8 heteroatoms. The number of halogens is 3. The normalized spacial score (nSPS) is 13.8. The van der Waals surface area contributed by atoms with Crippen molar-refractivity contribution >= 4 is 34.3 Å². The Morgan fingerprint density at radius 2 is 1.93 bits per heavy atom. The van der Waals surface area contributed by atoms with Crippen LogP contribution >= 0.6 is 11.8 Å². The highest BCUT2D eigenvalue weighted by molar-refractivity contribution is 8.14. The third kappa shape index (κ3) is 4.67. The van der Waals surface area contributed by atoms with Gasteiger partial charge in [-0.2, -0.15) is 13.2 Å². The first-order chi connectivity index (χ1) is 13.3. The first kappa shape index (κ1) is 20.3. The van der Waals surface area contributed by atoms with Crippen LogP contribution in [0.25, 0.3) is 0 Å². The molecule has 0 aliphatic carbocycles. The van der Waals surface area contributed by atoms with Crippen molar-refractivity contribution in [3.63, 3.8) is 0 Å². The second kappa shape index (κ2) is 8.26. The minimum Gasteiger partial charge on any atom is -0.325 e. The van der Waals surface area contributed by atoms with E-state index in [4.69, 9.17) is 0 Å². The minimum absolute atomic E-state index is 0.261. The topological polar surface area (TPSA) is 49.4 Å². The highest BCUT2D eigenvalue weighted by atomic mass is 32.2. The lowest BCUT2D eigenvalue weighted by Crippen LogP contribution is -2.33. The molecule has 3 rings (SSSR count). The van der Waals surface area contributed by atoms with Gasteiger partial charge in [0.15, 0.2) is 0 Å². The van der Waals surface area contributed by atoms with Gasteiger partial charge in [-0.25, -0.2) is 0 Å². The smallest absolute Gasteiger partial charge is 0.325 e. The molecule has 0 saturated heterocycles. The molecule has 0 spiro atoms. The highest BCUT2D eigenvalue weighted by Gasteiger charge is 2.33. The number of hydrogen-bond acceptors (Lipinski definition) is 3. The molecule has 148 valence electrons. The van der Waals surface area contributed by atoms with E-state index in [2.05, 4.69) is 5.32 Å². The van der Waals surface area contributed by atoms with Crippen molar-refractivity contribution in [3.05, 3.63) is 59.2 Å². The maximum absolute atomic E-state index is 13.0. The fourth-order valence-corrected chi connectivity index (χ4v) is 3.82. The van der Waals surface area contributed by atoms with Crippen LogP contribution in [0.5, 0.6) is 0 Å². The van der Waals surface area contributed by atoms with Crippen LogP contribution in [-0.4, -0.2) is 23.4 Å². The predicted octanol–water partition coefficient (Wildman–Crippen LogP) is 5.26. The second-order valence-corrected chi connectivity index (χ2v) is 7.46. The molecular formula is C20H19F3N2O2S. The fraction of sp³-hybridized carbons (Fsp3) is 0.300. The summed E-state index contributed by atoms with van der Waals surface area (Å²) in [6, 6.07) is 10.6. The SMILES string of the molecule is Cc1ccc2c(c1)CCCN2C(=O)SCC(=O)Nc1ccccc1C(F)(F)F. The fourth-order valence-electron chi connectivity index (χ4n) is 3.15. The van der Waals surface area contributed by atoms with Gasteiger partial charge < -0.3 is 10.2 Å². The number of nitrogens with one attached hydrogen (secondary N) is 1. The van der Waals surface area contributed by atoms with Crippen LogP contribution in [-0.2, 0) is 17.4 Å². The van der Waals surface area contributed by atoms with E-state index >= 15 is 0 Å². The molecule has 2 aromatic carbocycles. The van der Waals surface area contributed by atoms with Crippen molar-refractivity contribution in [2.45, 2.75) is 25.9 Å². The molecule has 1 aliphatic heterocycles. The number of nitrogens with zero attached hydrogens (tertiary/aromatic N) is 1. The molecule has 4 nitrogen and oxygen atoms in total. The van der Waals surface area contributed by atoms with Gasteiger partial charge in [0.1, 0.15) is 0 Å².